The van der Waals surface area contributed by atoms with Crippen LogP contribution in [0.1, 0.15) is 43.1 Å². The molecule has 2 rings (SSSR count). The molecule has 0 fully saturated rings. The summed E-state index contributed by atoms with van der Waals surface area (Å²) in [4.78, 5) is 14.2. The summed E-state index contributed by atoms with van der Waals surface area (Å²) >= 11 is 0. The highest BCUT2D eigenvalue weighted by molar-refractivity contribution is 5.94. The molecule has 5 nitrogen and oxygen atoms in total. The molecule has 2 aromatic rings. The third-order valence-electron chi connectivity index (χ3n) is 4.34. The van der Waals surface area contributed by atoms with Gasteiger partial charge in [0.2, 0.25) is 0 Å². The molecule has 25 heavy (non-hydrogen) atoms. The summed E-state index contributed by atoms with van der Waals surface area (Å²) in [6, 6.07) is 7.72. The molecule has 0 saturated heterocycles. The first-order valence-electron chi connectivity index (χ1n) is 9.01. The Hall–Kier alpha value is -2.14. The highest BCUT2D eigenvalue weighted by atomic mass is 16.2. The number of nitrogens with zero attached hydrogens (tertiary/aromatic N) is 2. The minimum atomic E-state index is 0.0547. The van der Waals surface area contributed by atoms with Crippen molar-refractivity contribution in [2.24, 2.45) is 17.6 Å². The van der Waals surface area contributed by atoms with E-state index >= 15 is 0 Å². The number of benzene rings is 1. The number of amides is 1. The van der Waals surface area contributed by atoms with Gasteiger partial charge in [-0.3, -0.25) is 9.89 Å². The molecule has 1 heterocycles. The predicted octanol–water partition coefficient (Wildman–Crippen LogP) is 3.33. The number of hydrogen-bond donors (Lipinski definition) is 2. The first-order chi connectivity index (χ1) is 11.9. The monoisotopic (exact) mass is 342 g/mol. The fourth-order valence-corrected chi connectivity index (χ4v) is 3.10. The van der Waals surface area contributed by atoms with Crippen LogP contribution < -0.4 is 5.73 Å². The van der Waals surface area contributed by atoms with E-state index in [0.717, 1.165) is 30.6 Å². The Kier molecular flexibility index (Phi) is 6.76. The van der Waals surface area contributed by atoms with E-state index in [1.807, 2.05) is 37.5 Å². The Labute approximate surface area is 150 Å². The van der Waals surface area contributed by atoms with Crippen LogP contribution in [0.25, 0.3) is 11.3 Å². The second kappa shape index (κ2) is 8.81. The predicted molar refractivity (Wildman–Crippen MR) is 102 cm³/mol. The number of aromatic nitrogens is 2. The lowest BCUT2D eigenvalue weighted by Crippen LogP contribution is -2.30. The van der Waals surface area contributed by atoms with Gasteiger partial charge in [0.05, 0.1) is 5.69 Å². The van der Waals surface area contributed by atoms with Gasteiger partial charge in [0, 0.05) is 30.9 Å². The topological polar surface area (TPSA) is 75.0 Å². The Bertz CT molecular complexity index is 675. The van der Waals surface area contributed by atoms with Crippen LogP contribution >= 0.6 is 0 Å². The summed E-state index contributed by atoms with van der Waals surface area (Å²) in [5.74, 6) is 1.03. The number of rotatable bonds is 8. The third kappa shape index (κ3) is 5.16. The van der Waals surface area contributed by atoms with Crippen LogP contribution in [0.4, 0.5) is 0 Å². The first kappa shape index (κ1) is 19.2. The second-order valence-corrected chi connectivity index (χ2v) is 7.30. The lowest BCUT2D eigenvalue weighted by atomic mass is 9.96. The van der Waals surface area contributed by atoms with Crippen LogP contribution in [0.2, 0.25) is 0 Å². The molecule has 1 aromatic heterocycles. The maximum Gasteiger partial charge on any atom is 0.253 e. The molecule has 0 aliphatic rings. The number of nitrogens with two attached hydrogens (primary N) is 1. The average Bonchev–Trinajstić information content (AvgIpc) is 3.02. The molecular weight excluding hydrogens is 312 g/mol. The van der Waals surface area contributed by atoms with E-state index in [9.17, 15) is 4.79 Å². The Balaban J connectivity index is 2.13. The Morgan fingerprint density at radius 2 is 1.92 bits per heavy atom. The summed E-state index contributed by atoms with van der Waals surface area (Å²) in [5.41, 5.74) is 9.53. The van der Waals surface area contributed by atoms with Crippen molar-refractivity contribution < 1.29 is 4.79 Å². The second-order valence-electron chi connectivity index (χ2n) is 7.30. The fraction of sp³-hybridized carbons (Fsp3) is 0.500. The van der Waals surface area contributed by atoms with E-state index in [0.29, 0.717) is 23.9 Å². The van der Waals surface area contributed by atoms with Crippen LogP contribution in [0.3, 0.4) is 0 Å². The number of carbonyl (C=O) groups is 1. The van der Waals surface area contributed by atoms with Crippen LogP contribution in [-0.2, 0) is 6.42 Å². The SMILES string of the molecule is CC(C)CN(C)C(=O)c1ccc(-c2n[nH]cc2CC(C)CCN)cc1. The largest absolute Gasteiger partial charge is 0.341 e. The van der Waals surface area contributed by atoms with Gasteiger partial charge in [0.1, 0.15) is 0 Å². The van der Waals surface area contributed by atoms with E-state index in [1.165, 1.54) is 5.56 Å². The van der Waals surface area contributed by atoms with Gasteiger partial charge in [-0.05, 0) is 48.9 Å². The highest BCUT2D eigenvalue weighted by Crippen LogP contribution is 2.24. The maximum atomic E-state index is 12.5. The summed E-state index contributed by atoms with van der Waals surface area (Å²) in [6.45, 7) is 7.88. The number of nitrogens with one attached hydrogen (secondary N) is 1. The summed E-state index contributed by atoms with van der Waals surface area (Å²) in [7, 11) is 1.85. The molecule has 1 aromatic carbocycles. The lowest BCUT2D eigenvalue weighted by molar-refractivity contribution is 0.0779. The summed E-state index contributed by atoms with van der Waals surface area (Å²) in [6.07, 6.45) is 3.90. The molecule has 1 unspecified atom stereocenters. The number of carbonyl (C=O) groups excluding carboxylic acids is 1. The van der Waals surface area contributed by atoms with Gasteiger partial charge in [-0.2, -0.15) is 5.10 Å². The van der Waals surface area contributed by atoms with Crippen LogP contribution in [0.15, 0.2) is 30.5 Å². The van der Waals surface area contributed by atoms with Crippen molar-refractivity contribution in [1.82, 2.24) is 15.1 Å². The molecule has 0 radical (unpaired) electrons. The van der Waals surface area contributed by atoms with Gasteiger partial charge in [0.15, 0.2) is 0 Å². The zero-order valence-corrected chi connectivity index (χ0v) is 15.7. The smallest absolute Gasteiger partial charge is 0.253 e. The van der Waals surface area contributed by atoms with Crippen molar-refractivity contribution >= 4 is 5.91 Å². The molecular formula is C20H30N4O. The van der Waals surface area contributed by atoms with Gasteiger partial charge in [-0.25, -0.2) is 0 Å². The van der Waals surface area contributed by atoms with Gasteiger partial charge >= 0.3 is 0 Å². The fourth-order valence-electron chi connectivity index (χ4n) is 3.10. The van der Waals surface area contributed by atoms with Gasteiger partial charge < -0.3 is 10.6 Å². The molecule has 136 valence electrons. The summed E-state index contributed by atoms with van der Waals surface area (Å²) in [5, 5.41) is 7.36. The van der Waals surface area contributed by atoms with E-state index in [1.54, 1.807) is 4.90 Å². The zero-order chi connectivity index (χ0) is 18.4. The first-order valence-corrected chi connectivity index (χ1v) is 9.01. The van der Waals surface area contributed by atoms with E-state index in [-0.39, 0.29) is 5.91 Å². The van der Waals surface area contributed by atoms with Crippen molar-refractivity contribution in [3.05, 3.63) is 41.6 Å². The van der Waals surface area contributed by atoms with Crippen LogP contribution in [-0.4, -0.2) is 41.1 Å². The molecule has 0 bridgehead atoms. The van der Waals surface area contributed by atoms with Crippen molar-refractivity contribution in [2.45, 2.75) is 33.6 Å². The molecule has 3 N–H and O–H groups in total. The molecule has 0 saturated carbocycles. The molecule has 1 atom stereocenters. The molecule has 1 amide bonds. The number of hydrogen-bond acceptors (Lipinski definition) is 3. The minimum absolute atomic E-state index is 0.0547. The van der Waals surface area contributed by atoms with Crippen LogP contribution in [0.5, 0.6) is 0 Å². The highest BCUT2D eigenvalue weighted by Gasteiger charge is 2.15. The number of H-pyrrole nitrogens is 1. The van der Waals surface area contributed by atoms with Crippen molar-refractivity contribution in [3.63, 3.8) is 0 Å². The minimum Gasteiger partial charge on any atom is -0.341 e. The van der Waals surface area contributed by atoms with Gasteiger partial charge in [-0.15, -0.1) is 0 Å². The van der Waals surface area contributed by atoms with Crippen molar-refractivity contribution in [1.29, 1.82) is 0 Å². The Morgan fingerprint density at radius 3 is 2.52 bits per heavy atom. The molecule has 0 aliphatic carbocycles. The molecule has 5 heteroatoms. The lowest BCUT2D eigenvalue weighted by Gasteiger charge is -2.19. The van der Waals surface area contributed by atoms with E-state index in [2.05, 4.69) is 31.0 Å². The van der Waals surface area contributed by atoms with Gasteiger partial charge in [-0.1, -0.05) is 32.9 Å². The van der Waals surface area contributed by atoms with E-state index in [4.69, 9.17) is 5.73 Å². The molecule has 0 spiro atoms. The van der Waals surface area contributed by atoms with Gasteiger partial charge in [0.25, 0.3) is 5.91 Å². The van der Waals surface area contributed by atoms with Crippen LogP contribution in [0, 0.1) is 11.8 Å². The third-order valence-corrected chi connectivity index (χ3v) is 4.34. The summed E-state index contributed by atoms with van der Waals surface area (Å²) < 4.78 is 0. The Morgan fingerprint density at radius 1 is 1.24 bits per heavy atom. The normalized spacial score (nSPS) is 12.4. The zero-order valence-electron chi connectivity index (χ0n) is 15.7. The maximum absolute atomic E-state index is 12.5. The quantitative estimate of drug-likeness (QED) is 0.772. The van der Waals surface area contributed by atoms with Crippen molar-refractivity contribution in [2.75, 3.05) is 20.1 Å². The van der Waals surface area contributed by atoms with Crippen molar-refractivity contribution in [3.8, 4) is 11.3 Å². The molecule has 0 aliphatic heterocycles. The standard InChI is InChI=1S/C20H30N4O/c1-14(2)13-24(4)20(25)17-7-5-16(6-8-17)19-18(12-22-23-19)11-15(3)9-10-21/h5-8,12,14-15H,9-11,13,21H2,1-4H3,(H,22,23). The van der Waals surface area contributed by atoms with E-state index < -0.39 is 0 Å². The average molecular weight is 342 g/mol. The number of aromatic amines is 1.